The van der Waals surface area contributed by atoms with Crippen molar-refractivity contribution in [2.45, 2.75) is 31.1 Å². The van der Waals surface area contributed by atoms with Gasteiger partial charge >= 0.3 is 0 Å². The van der Waals surface area contributed by atoms with Crippen molar-refractivity contribution >= 4 is 11.8 Å². The Labute approximate surface area is 137 Å². The van der Waals surface area contributed by atoms with Gasteiger partial charge in [0.25, 0.3) is 0 Å². The number of carbonyl (C=O) groups excluding carboxylic acids is 2. The Hall–Kier alpha value is -1.88. The summed E-state index contributed by atoms with van der Waals surface area (Å²) in [5.41, 5.74) is 6.11. The van der Waals surface area contributed by atoms with E-state index in [-0.39, 0.29) is 23.8 Å². The van der Waals surface area contributed by atoms with Crippen LogP contribution in [0.3, 0.4) is 0 Å². The average Bonchev–Trinajstić information content (AvgIpc) is 2.72. The molecule has 23 heavy (non-hydrogen) atoms. The number of rotatable bonds is 4. The SMILES string of the molecule is NC(=O)CN1CCCN(C(=O)C2(c3ccccc3)CCC2)CC1. The van der Waals surface area contributed by atoms with Gasteiger partial charge in [0.1, 0.15) is 0 Å². The number of amides is 2. The molecule has 1 aliphatic heterocycles. The van der Waals surface area contributed by atoms with Crippen molar-refractivity contribution in [1.82, 2.24) is 9.80 Å². The average molecular weight is 315 g/mol. The first-order valence-corrected chi connectivity index (χ1v) is 8.47. The second kappa shape index (κ2) is 6.71. The Morgan fingerprint density at radius 1 is 1.00 bits per heavy atom. The summed E-state index contributed by atoms with van der Waals surface area (Å²) >= 11 is 0. The molecule has 0 radical (unpaired) electrons. The van der Waals surface area contributed by atoms with Crippen LogP contribution >= 0.6 is 0 Å². The summed E-state index contributed by atoms with van der Waals surface area (Å²) in [5.74, 6) is -0.0413. The van der Waals surface area contributed by atoms with Crippen molar-refractivity contribution in [2.75, 3.05) is 32.7 Å². The maximum atomic E-state index is 13.2. The van der Waals surface area contributed by atoms with E-state index in [9.17, 15) is 9.59 Å². The van der Waals surface area contributed by atoms with Gasteiger partial charge in [-0.1, -0.05) is 36.8 Å². The lowest BCUT2D eigenvalue weighted by Gasteiger charge is -2.44. The van der Waals surface area contributed by atoms with Crippen molar-refractivity contribution in [3.05, 3.63) is 35.9 Å². The number of nitrogens with zero attached hydrogens (tertiary/aromatic N) is 2. The quantitative estimate of drug-likeness (QED) is 0.906. The van der Waals surface area contributed by atoms with Crippen molar-refractivity contribution in [3.8, 4) is 0 Å². The largest absolute Gasteiger partial charge is 0.369 e. The zero-order chi connectivity index (χ0) is 16.3. The van der Waals surface area contributed by atoms with Crippen LogP contribution in [0.25, 0.3) is 0 Å². The minimum atomic E-state index is -0.319. The number of hydrogen-bond donors (Lipinski definition) is 1. The molecule has 0 unspecified atom stereocenters. The molecule has 0 bridgehead atoms. The first-order valence-electron chi connectivity index (χ1n) is 8.47. The number of hydrogen-bond acceptors (Lipinski definition) is 3. The van der Waals surface area contributed by atoms with Gasteiger partial charge in [-0.05, 0) is 24.8 Å². The van der Waals surface area contributed by atoms with E-state index in [4.69, 9.17) is 5.73 Å². The van der Waals surface area contributed by atoms with E-state index in [0.29, 0.717) is 6.54 Å². The number of primary amides is 1. The third-order valence-electron chi connectivity index (χ3n) is 5.20. The monoisotopic (exact) mass is 315 g/mol. The highest BCUT2D eigenvalue weighted by molar-refractivity contribution is 5.89. The van der Waals surface area contributed by atoms with Gasteiger partial charge in [0.15, 0.2) is 0 Å². The van der Waals surface area contributed by atoms with Gasteiger partial charge in [-0.25, -0.2) is 0 Å². The van der Waals surface area contributed by atoms with E-state index < -0.39 is 0 Å². The van der Waals surface area contributed by atoms with Gasteiger partial charge in [-0.15, -0.1) is 0 Å². The zero-order valence-electron chi connectivity index (χ0n) is 13.5. The highest BCUT2D eigenvalue weighted by Gasteiger charge is 2.47. The summed E-state index contributed by atoms with van der Waals surface area (Å²) in [5, 5.41) is 0. The van der Waals surface area contributed by atoms with E-state index in [1.165, 1.54) is 0 Å². The highest BCUT2D eigenvalue weighted by Crippen LogP contribution is 2.45. The standard InChI is InChI=1S/C18H25N3O2/c19-16(22)14-20-10-5-11-21(13-12-20)17(23)18(8-4-9-18)15-6-2-1-3-7-15/h1-3,6-7H,4-5,8-14H2,(H2,19,22). The van der Waals surface area contributed by atoms with Crippen LogP contribution in [0, 0.1) is 0 Å². The van der Waals surface area contributed by atoms with Gasteiger partial charge in [-0.3, -0.25) is 14.5 Å². The molecule has 5 heteroatoms. The Morgan fingerprint density at radius 2 is 1.74 bits per heavy atom. The first kappa shape index (κ1) is 16.0. The first-order chi connectivity index (χ1) is 11.1. The molecule has 1 saturated carbocycles. The summed E-state index contributed by atoms with van der Waals surface area (Å²) in [6.45, 7) is 3.28. The van der Waals surface area contributed by atoms with Crippen LogP contribution in [-0.4, -0.2) is 54.3 Å². The van der Waals surface area contributed by atoms with Crippen molar-refractivity contribution < 1.29 is 9.59 Å². The fourth-order valence-corrected chi connectivity index (χ4v) is 3.77. The number of benzene rings is 1. The summed E-state index contributed by atoms with van der Waals surface area (Å²) in [4.78, 5) is 28.3. The molecule has 5 nitrogen and oxygen atoms in total. The molecule has 1 heterocycles. The van der Waals surface area contributed by atoms with Gasteiger partial charge < -0.3 is 10.6 Å². The van der Waals surface area contributed by atoms with Crippen LogP contribution in [0.15, 0.2) is 30.3 Å². The summed E-state index contributed by atoms with van der Waals surface area (Å²) in [6.07, 6.45) is 3.89. The molecule has 1 aromatic carbocycles. The third-order valence-corrected chi connectivity index (χ3v) is 5.20. The maximum Gasteiger partial charge on any atom is 0.233 e. The predicted octanol–water partition coefficient (Wildman–Crippen LogP) is 1.13. The fraction of sp³-hybridized carbons (Fsp3) is 0.556. The molecule has 2 fully saturated rings. The Kier molecular flexibility index (Phi) is 4.66. The normalized spacial score (nSPS) is 21.3. The van der Waals surface area contributed by atoms with Gasteiger partial charge in [0.05, 0.1) is 12.0 Å². The molecule has 2 N–H and O–H groups in total. The molecule has 0 atom stereocenters. The van der Waals surface area contributed by atoms with Crippen molar-refractivity contribution in [1.29, 1.82) is 0 Å². The topological polar surface area (TPSA) is 66.6 Å². The van der Waals surface area contributed by atoms with Crippen LogP contribution < -0.4 is 5.73 Å². The van der Waals surface area contributed by atoms with Crippen LogP contribution in [0.1, 0.15) is 31.2 Å². The molecule has 1 saturated heterocycles. The van der Waals surface area contributed by atoms with E-state index >= 15 is 0 Å². The summed E-state index contributed by atoms with van der Waals surface area (Å²) in [6, 6.07) is 10.2. The molecule has 2 aliphatic rings. The fourth-order valence-electron chi connectivity index (χ4n) is 3.77. The lowest BCUT2D eigenvalue weighted by molar-refractivity contribution is -0.140. The molecule has 2 amide bonds. The highest BCUT2D eigenvalue weighted by atomic mass is 16.2. The molecule has 1 aliphatic carbocycles. The molecule has 0 spiro atoms. The van der Waals surface area contributed by atoms with Crippen LogP contribution in [-0.2, 0) is 15.0 Å². The second-order valence-electron chi connectivity index (χ2n) is 6.69. The Morgan fingerprint density at radius 3 is 2.35 bits per heavy atom. The Bertz CT molecular complexity index is 569. The minimum absolute atomic E-state index is 0.260. The van der Waals surface area contributed by atoms with Crippen molar-refractivity contribution in [2.24, 2.45) is 5.73 Å². The molecule has 3 rings (SSSR count). The third kappa shape index (κ3) is 3.24. The molecule has 1 aromatic rings. The van der Waals surface area contributed by atoms with Crippen LogP contribution in [0.4, 0.5) is 0 Å². The van der Waals surface area contributed by atoms with E-state index in [1.807, 2.05) is 28.0 Å². The Balaban J connectivity index is 1.71. The van der Waals surface area contributed by atoms with Crippen LogP contribution in [0.2, 0.25) is 0 Å². The smallest absolute Gasteiger partial charge is 0.233 e. The van der Waals surface area contributed by atoms with Gasteiger partial charge in [0, 0.05) is 26.2 Å². The van der Waals surface area contributed by atoms with E-state index in [1.54, 1.807) is 0 Å². The second-order valence-corrected chi connectivity index (χ2v) is 6.69. The number of carbonyl (C=O) groups is 2. The molecular formula is C18H25N3O2. The van der Waals surface area contributed by atoms with Gasteiger partial charge in [0.2, 0.25) is 11.8 Å². The maximum absolute atomic E-state index is 13.2. The lowest BCUT2D eigenvalue weighted by Crippen LogP contribution is -2.52. The van der Waals surface area contributed by atoms with Gasteiger partial charge in [-0.2, -0.15) is 0 Å². The minimum Gasteiger partial charge on any atom is -0.369 e. The molecular weight excluding hydrogens is 290 g/mol. The van der Waals surface area contributed by atoms with E-state index in [0.717, 1.165) is 50.9 Å². The predicted molar refractivity (Wildman–Crippen MR) is 88.8 cm³/mol. The number of nitrogens with two attached hydrogens (primary N) is 1. The lowest BCUT2D eigenvalue weighted by atomic mass is 9.63. The van der Waals surface area contributed by atoms with E-state index in [2.05, 4.69) is 12.1 Å². The molecule has 0 aromatic heterocycles. The van der Waals surface area contributed by atoms with Crippen molar-refractivity contribution in [3.63, 3.8) is 0 Å². The molecule has 124 valence electrons. The summed E-state index contributed by atoms with van der Waals surface area (Å²) in [7, 11) is 0. The summed E-state index contributed by atoms with van der Waals surface area (Å²) < 4.78 is 0. The zero-order valence-corrected chi connectivity index (χ0v) is 13.5. The van der Waals surface area contributed by atoms with Crippen LogP contribution in [0.5, 0.6) is 0 Å².